The Balaban J connectivity index is 2.95. The molecule has 1 unspecified atom stereocenters. The van der Waals surface area contributed by atoms with Crippen molar-refractivity contribution in [1.29, 1.82) is 0 Å². The molecule has 2 nitrogen and oxygen atoms in total. The van der Waals surface area contributed by atoms with Gasteiger partial charge in [0.2, 0.25) is 0 Å². The molecule has 0 fully saturated rings. The van der Waals surface area contributed by atoms with Crippen molar-refractivity contribution < 1.29 is 14.2 Å². The molecule has 0 bridgehead atoms. The molecule has 0 radical (unpaired) electrons. The van der Waals surface area contributed by atoms with E-state index in [1.807, 2.05) is 0 Å². The molecule has 0 aliphatic rings. The number of aliphatic hydroxyl groups excluding tert-OH is 1. The molecule has 84 valence electrons. The highest BCUT2D eigenvalue weighted by Gasteiger charge is 2.02. The first-order valence-electron chi connectivity index (χ1n) is 5.24. The van der Waals surface area contributed by atoms with Gasteiger partial charge < -0.3 is 9.84 Å². The van der Waals surface area contributed by atoms with Crippen LogP contribution in [0.15, 0.2) is 12.7 Å². The van der Waals surface area contributed by atoms with Crippen molar-refractivity contribution in [2.75, 3.05) is 19.8 Å². The molecule has 0 saturated heterocycles. The summed E-state index contributed by atoms with van der Waals surface area (Å²) in [6.07, 6.45) is 5.12. The van der Waals surface area contributed by atoms with Crippen LogP contribution in [0.2, 0.25) is 0 Å². The predicted octanol–water partition coefficient (Wildman–Crippen LogP) is 2.47. The second-order valence-corrected chi connectivity index (χ2v) is 3.35. The second-order valence-electron chi connectivity index (χ2n) is 3.35. The van der Waals surface area contributed by atoms with Crippen LogP contribution < -0.4 is 0 Å². The minimum absolute atomic E-state index is 0.345. The fourth-order valence-electron chi connectivity index (χ4n) is 1.18. The van der Waals surface area contributed by atoms with Gasteiger partial charge in [-0.3, -0.25) is 0 Å². The van der Waals surface area contributed by atoms with E-state index in [4.69, 9.17) is 9.84 Å². The third-order valence-electron chi connectivity index (χ3n) is 1.99. The molecule has 1 N–H and O–H groups in total. The van der Waals surface area contributed by atoms with Gasteiger partial charge in [0, 0.05) is 6.61 Å². The molecule has 0 aliphatic heterocycles. The van der Waals surface area contributed by atoms with Crippen LogP contribution in [0.4, 0.5) is 4.39 Å². The van der Waals surface area contributed by atoms with E-state index in [1.54, 1.807) is 6.08 Å². The molecule has 0 rings (SSSR count). The lowest BCUT2D eigenvalue weighted by atomic mass is 10.1. The normalized spacial score (nSPS) is 12.7. The zero-order valence-electron chi connectivity index (χ0n) is 8.75. The third kappa shape index (κ3) is 9.68. The van der Waals surface area contributed by atoms with Gasteiger partial charge in [0.15, 0.2) is 0 Å². The molecule has 0 aromatic rings. The third-order valence-corrected chi connectivity index (χ3v) is 1.99. The molecule has 0 aromatic heterocycles. The maximum atomic E-state index is 12.5. The Morgan fingerprint density at radius 2 is 2.00 bits per heavy atom. The van der Waals surface area contributed by atoms with E-state index in [0.29, 0.717) is 13.0 Å². The van der Waals surface area contributed by atoms with Gasteiger partial charge in [0.05, 0.1) is 13.2 Å². The summed E-state index contributed by atoms with van der Waals surface area (Å²) in [7, 11) is 0. The molecule has 0 aliphatic carbocycles. The molecule has 0 saturated carbocycles. The van der Waals surface area contributed by atoms with Crippen molar-refractivity contribution in [1.82, 2.24) is 0 Å². The minimum Gasteiger partial charge on any atom is -0.393 e. The van der Waals surface area contributed by atoms with Gasteiger partial charge in [-0.2, -0.15) is 0 Å². The Bertz CT molecular complexity index is 128. The fourth-order valence-corrected chi connectivity index (χ4v) is 1.18. The zero-order valence-corrected chi connectivity index (χ0v) is 8.75. The molecule has 3 heteroatoms. The van der Waals surface area contributed by atoms with Gasteiger partial charge in [-0.15, -0.1) is 6.58 Å². The topological polar surface area (TPSA) is 29.5 Å². The van der Waals surface area contributed by atoms with Crippen molar-refractivity contribution in [2.45, 2.75) is 38.3 Å². The first-order chi connectivity index (χ1) is 6.81. The van der Waals surface area contributed by atoms with E-state index in [9.17, 15) is 4.39 Å². The highest BCUT2D eigenvalue weighted by atomic mass is 19.1. The van der Waals surface area contributed by atoms with Crippen molar-refractivity contribution in [3.05, 3.63) is 12.7 Å². The first-order valence-corrected chi connectivity index (χ1v) is 5.24. The standard InChI is InChI=1S/C11H21FO2/c1-2-8-14-9-6-4-3-5-7-11(12)10-13/h2,11,13H,1,3-10H2. The quantitative estimate of drug-likeness (QED) is 0.437. The Kier molecular flexibility index (Phi) is 10.4. The Hall–Kier alpha value is -0.410. The van der Waals surface area contributed by atoms with Gasteiger partial charge >= 0.3 is 0 Å². The number of ether oxygens (including phenoxy) is 1. The Morgan fingerprint density at radius 3 is 2.64 bits per heavy atom. The van der Waals surface area contributed by atoms with Crippen LogP contribution in [0.5, 0.6) is 0 Å². The summed E-state index contributed by atoms with van der Waals surface area (Å²) in [5.74, 6) is 0. The van der Waals surface area contributed by atoms with Crippen LogP contribution in [-0.4, -0.2) is 31.1 Å². The maximum absolute atomic E-state index is 12.5. The molecule has 0 heterocycles. The van der Waals surface area contributed by atoms with Crippen LogP contribution in [0, 0.1) is 0 Å². The Labute approximate surface area is 85.8 Å². The molecular weight excluding hydrogens is 183 g/mol. The van der Waals surface area contributed by atoms with Crippen LogP contribution in [0.25, 0.3) is 0 Å². The summed E-state index contributed by atoms with van der Waals surface area (Å²) in [4.78, 5) is 0. The summed E-state index contributed by atoms with van der Waals surface area (Å²) in [5.41, 5.74) is 0. The van der Waals surface area contributed by atoms with Crippen molar-refractivity contribution in [3.8, 4) is 0 Å². The summed E-state index contributed by atoms with van der Waals surface area (Å²) in [5, 5.41) is 8.43. The highest BCUT2D eigenvalue weighted by molar-refractivity contribution is 4.63. The summed E-state index contributed by atoms with van der Waals surface area (Å²) < 4.78 is 17.7. The van der Waals surface area contributed by atoms with Gasteiger partial charge in [-0.05, 0) is 12.8 Å². The smallest absolute Gasteiger partial charge is 0.123 e. The summed E-state index contributed by atoms with van der Waals surface area (Å²) in [6.45, 7) is 4.56. The average molecular weight is 204 g/mol. The second kappa shape index (κ2) is 10.7. The van der Waals surface area contributed by atoms with Crippen molar-refractivity contribution >= 4 is 0 Å². The van der Waals surface area contributed by atoms with E-state index in [0.717, 1.165) is 32.3 Å². The predicted molar refractivity (Wildman–Crippen MR) is 56.1 cm³/mol. The lowest BCUT2D eigenvalue weighted by molar-refractivity contribution is 0.154. The van der Waals surface area contributed by atoms with Crippen LogP contribution in [0.1, 0.15) is 32.1 Å². The number of unbranched alkanes of at least 4 members (excludes halogenated alkanes) is 3. The van der Waals surface area contributed by atoms with E-state index in [2.05, 4.69) is 6.58 Å². The fraction of sp³-hybridized carbons (Fsp3) is 0.818. The number of hydrogen-bond acceptors (Lipinski definition) is 2. The highest BCUT2D eigenvalue weighted by Crippen LogP contribution is 2.07. The van der Waals surface area contributed by atoms with Crippen molar-refractivity contribution in [2.24, 2.45) is 0 Å². The van der Waals surface area contributed by atoms with E-state index in [-0.39, 0.29) is 6.61 Å². The molecule has 1 atom stereocenters. The zero-order chi connectivity index (χ0) is 10.6. The van der Waals surface area contributed by atoms with E-state index in [1.165, 1.54) is 0 Å². The van der Waals surface area contributed by atoms with Crippen LogP contribution in [0.3, 0.4) is 0 Å². The maximum Gasteiger partial charge on any atom is 0.123 e. The van der Waals surface area contributed by atoms with Gasteiger partial charge in [0.1, 0.15) is 6.17 Å². The lowest BCUT2D eigenvalue weighted by Gasteiger charge is -2.04. The number of rotatable bonds is 10. The first kappa shape index (κ1) is 13.6. The Morgan fingerprint density at radius 1 is 1.29 bits per heavy atom. The largest absolute Gasteiger partial charge is 0.393 e. The average Bonchev–Trinajstić information content (AvgIpc) is 2.21. The van der Waals surface area contributed by atoms with Gasteiger partial charge in [-0.1, -0.05) is 25.3 Å². The van der Waals surface area contributed by atoms with Crippen LogP contribution in [-0.2, 0) is 4.74 Å². The lowest BCUT2D eigenvalue weighted by Crippen LogP contribution is -2.05. The van der Waals surface area contributed by atoms with Crippen molar-refractivity contribution in [3.63, 3.8) is 0 Å². The summed E-state index contributed by atoms with van der Waals surface area (Å²) >= 11 is 0. The molecular formula is C11H21FO2. The molecule has 14 heavy (non-hydrogen) atoms. The molecule has 0 amide bonds. The SMILES string of the molecule is C=CCOCCCCCCC(F)CO. The molecule has 0 aromatic carbocycles. The van der Waals surface area contributed by atoms with Gasteiger partial charge in [-0.25, -0.2) is 4.39 Å². The van der Waals surface area contributed by atoms with E-state index < -0.39 is 6.17 Å². The van der Waals surface area contributed by atoms with E-state index >= 15 is 0 Å². The molecule has 0 spiro atoms. The van der Waals surface area contributed by atoms with Crippen LogP contribution >= 0.6 is 0 Å². The number of aliphatic hydroxyl groups is 1. The number of alkyl halides is 1. The minimum atomic E-state index is -1.04. The summed E-state index contributed by atoms with van der Waals surface area (Å²) in [6, 6.07) is 0. The van der Waals surface area contributed by atoms with Gasteiger partial charge in [0.25, 0.3) is 0 Å². The number of halogens is 1. The monoisotopic (exact) mass is 204 g/mol. The number of hydrogen-bond donors (Lipinski definition) is 1.